The summed E-state index contributed by atoms with van der Waals surface area (Å²) >= 11 is 0. The van der Waals surface area contributed by atoms with Crippen LogP contribution in [0.4, 0.5) is 0 Å². The predicted molar refractivity (Wildman–Crippen MR) is 129 cm³/mol. The van der Waals surface area contributed by atoms with Gasteiger partial charge in [0.25, 0.3) is 5.91 Å². The van der Waals surface area contributed by atoms with Crippen LogP contribution in [0.1, 0.15) is 47.8 Å². The van der Waals surface area contributed by atoms with E-state index in [4.69, 9.17) is 15.5 Å². The van der Waals surface area contributed by atoms with Gasteiger partial charge in [-0.1, -0.05) is 38.1 Å². The summed E-state index contributed by atoms with van der Waals surface area (Å²) in [7, 11) is 1.66. The number of fused-ring (bicyclic) bond motifs is 3. The van der Waals surface area contributed by atoms with Crippen LogP contribution in [-0.4, -0.2) is 31.1 Å². The molecule has 5 nitrogen and oxygen atoms in total. The molecule has 5 heteroatoms. The van der Waals surface area contributed by atoms with Crippen molar-refractivity contribution in [3.05, 3.63) is 71.4 Å². The molecule has 1 heterocycles. The lowest BCUT2D eigenvalue weighted by molar-refractivity contribution is 0.0948. The maximum absolute atomic E-state index is 13.0. The van der Waals surface area contributed by atoms with E-state index >= 15 is 0 Å². The van der Waals surface area contributed by atoms with Gasteiger partial charge in [-0.2, -0.15) is 0 Å². The minimum absolute atomic E-state index is 0.168. The average molecular weight is 430 g/mol. The molecule has 32 heavy (non-hydrogen) atoms. The fourth-order valence-electron chi connectivity index (χ4n) is 4.46. The number of nitrogens with one attached hydrogen (secondary N) is 1. The van der Waals surface area contributed by atoms with Crippen LogP contribution < -0.4 is 15.8 Å². The van der Waals surface area contributed by atoms with Crippen LogP contribution in [0.5, 0.6) is 5.75 Å². The summed E-state index contributed by atoms with van der Waals surface area (Å²) in [6, 6.07) is 18.4. The molecule has 0 saturated carbocycles. The van der Waals surface area contributed by atoms with Crippen LogP contribution in [0.2, 0.25) is 0 Å². The van der Waals surface area contributed by atoms with Crippen molar-refractivity contribution in [2.75, 3.05) is 20.2 Å². The number of methoxy groups -OCH3 is 1. The van der Waals surface area contributed by atoms with Gasteiger partial charge in [0, 0.05) is 12.1 Å². The first-order chi connectivity index (χ1) is 15.5. The summed E-state index contributed by atoms with van der Waals surface area (Å²) in [5.74, 6) is 1.48. The molecule has 1 aromatic heterocycles. The van der Waals surface area contributed by atoms with Gasteiger partial charge in [-0.15, -0.1) is 0 Å². The van der Waals surface area contributed by atoms with Crippen LogP contribution in [-0.2, 0) is 6.42 Å². The monoisotopic (exact) mass is 429 g/mol. The first kappa shape index (κ1) is 22.0. The quantitative estimate of drug-likeness (QED) is 0.552. The number of nitrogens with two attached hydrogens (primary N) is 1. The van der Waals surface area contributed by atoms with Gasteiger partial charge in [0.1, 0.15) is 11.4 Å². The Morgan fingerprint density at radius 1 is 1.12 bits per heavy atom. The molecule has 0 aliphatic heterocycles. The van der Waals surface area contributed by atoms with Crippen LogP contribution in [0.3, 0.4) is 0 Å². The molecule has 1 amide bonds. The molecular formula is C27H31N3O2. The normalized spacial score (nSPS) is 17.1. The Morgan fingerprint density at radius 2 is 1.88 bits per heavy atom. The highest BCUT2D eigenvalue weighted by Crippen LogP contribution is 2.43. The lowest BCUT2D eigenvalue weighted by atomic mass is 9.86. The average Bonchev–Trinajstić information content (AvgIpc) is 2.93. The highest BCUT2D eigenvalue weighted by molar-refractivity contribution is 5.95. The van der Waals surface area contributed by atoms with E-state index in [1.54, 1.807) is 7.11 Å². The zero-order chi connectivity index (χ0) is 22.7. The maximum Gasteiger partial charge on any atom is 0.269 e. The number of benzene rings is 2. The smallest absolute Gasteiger partial charge is 0.269 e. The molecule has 3 aromatic rings. The number of hydrogen-bond acceptors (Lipinski definition) is 4. The molecule has 2 atom stereocenters. The fourth-order valence-corrected chi connectivity index (χ4v) is 4.46. The van der Waals surface area contributed by atoms with Gasteiger partial charge in [-0.3, -0.25) is 4.79 Å². The largest absolute Gasteiger partial charge is 0.497 e. The number of aromatic nitrogens is 1. The van der Waals surface area contributed by atoms with E-state index in [1.165, 1.54) is 16.7 Å². The lowest BCUT2D eigenvalue weighted by Crippen LogP contribution is -2.27. The van der Waals surface area contributed by atoms with E-state index < -0.39 is 0 Å². The van der Waals surface area contributed by atoms with Crippen molar-refractivity contribution in [1.29, 1.82) is 0 Å². The van der Waals surface area contributed by atoms with Gasteiger partial charge in [0.2, 0.25) is 0 Å². The maximum atomic E-state index is 13.0. The van der Waals surface area contributed by atoms with E-state index in [0.717, 1.165) is 35.4 Å². The minimum atomic E-state index is -0.168. The second-order valence-electron chi connectivity index (χ2n) is 8.57. The number of ether oxygens (including phenoxy) is 1. The Kier molecular flexibility index (Phi) is 6.56. The van der Waals surface area contributed by atoms with Crippen LogP contribution in [0.15, 0.2) is 54.6 Å². The van der Waals surface area contributed by atoms with Crippen molar-refractivity contribution in [2.45, 2.75) is 32.6 Å². The first-order valence-electron chi connectivity index (χ1n) is 11.3. The Morgan fingerprint density at radius 3 is 2.59 bits per heavy atom. The third-order valence-electron chi connectivity index (χ3n) is 6.51. The Labute approximate surface area is 190 Å². The van der Waals surface area contributed by atoms with Gasteiger partial charge in [0.15, 0.2) is 0 Å². The molecule has 0 spiro atoms. The third kappa shape index (κ3) is 4.26. The van der Waals surface area contributed by atoms with E-state index in [1.807, 2.05) is 30.3 Å². The summed E-state index contributed by atoms with van der Waals surface area (Å²) in [5, 5.41) is 2.96. The second kappa shape index (κ2) is 9.53. The Balaban J connectivity index is 1.91. The number of carbonyl (C=O) groups excluding carboxylic acids is 1. The molecule has 0 unspecified atom stereocenters. The van der Waals surface area contributed by atoms with E-state index in [9.17, 15) is 4.79 Å². The van der Waals surface area contributed by atoms with Crippen LogP contribution in [0, 0.1) is 5.92 Å². The number of amides is 1. The Bertz CT molecular complexity index is 1110. The van der Waals surface area contributed by atoms with Gasteiger partial charge in [-0.05, 0) is 83.8 Å². The zero-order valence-electron chi connectivity index (χ0n) is 19.0. The van der Waals surface area contributed by atoms with E-state index in [-0.39, 0.29) is 5.91 Å². The number of pyridine rings is 1. The molecule has 2 aromatic carbocycles. The third-order valence-corrected chi connectivity index (χ3v) is 6.51. The SMILES string of the molecule is COc1ccc(-c2nc(C(=O)NCCCN)cc3c2C[C@@H](C)[C@@H](C)c2ccccc2-3)cc1. The summed E-state index contributed by atoms with van der Waals surface area (Å²) < 4.78 is 5.34. The fraction of sp³-hybridized carbons (Fsp3) is 0.333. The minimum Gasteiger partial charge on any atom is -0.497 e. The predicted octanol–water partition coefficient (Wildman–Crippen LogP) is 4.80. The molecule has 166 valence electrons. The van der Waals surface area contributed by atoms with Crippen molar-refractivity contribution in [3.8, 4) is 28.1 Å². The van der Waals surface area contributed by atoms with Gasteiger partial charge in [0.05, 0.1) is 12.8 Å². The molecule has 0 bridgehead atoms. The van der Waals surface area contributed by atoms with Crippen molar-refractivity contribution in [3.63, 3.8) is 0 Å². The number of rotatable bonds is 6. The van der Waals surface area contributed by atoms with E-state index in [0.29, 0.717) is 30.6 Å². The van der Waals surface area contributed by atoms with Crippen molar-refractivity contribution >= 4 is 5.91 Å². The van der Waals surface area contributed by atoms with Crippen LogP contribution in [0.25, 0.3) is 22.4 Å². The molecular weight excluding hydrogens is 398 g/mol. The molecule has 4 rings (SSSR count). The summed E-state index contributed by atoms with van der Waals surface area (Å²) in [6.45, 7) is 5.66. The zero-order valence-corrected chi connectivity index (χ0v) is 19.0. The van der Waals surface area contributed by atoms with Crippen molar-refractivity contribution in [1.82, 2.24) is 10.3 Å². The highest BCUT2D eigenvalue weighted by Gasteiger charge is 2.28. The molecule has 1 aliphatic carbocycles. The molecule has 0 saturated heterocycles. The molecule has 0 radical (unpaired) electrons. The Hall–Kier alpha value is -3.18. The van der Waals surface area contributed by atoms with Gasteiger partial charge in [-0.25, -0.2) is 4.98 Å². The summed E-state index contributed by atoms with van der Waals surface area (Å²) in [4.78, 5) is 17.9. The number of hydrogen-bond donors (Lipinski definition) is 2. The van der Waals surface area contributed by atoms with Gasteiger partial charge >= 0.3 is 0 Å². The van der Waals surface area contributed by atoms with Crippen molar-refractivity contribution in [2.24, 2.45) is 11.7 Å². The summed E-state index contributed by atoms with van der Waals surface area (Å²) in [5.41, 5.74) is 12.7. The summed E-state index contributed by atoms with van der Waals surface area (Å²) in [6.07, 6.45) is 1.63. The second-order valence-corrected chi connectivity index (χ2v) is 8.57. The van der Waals surface area contributed by atoms with E-state index in [2.05, 4.69) is 43.4 Å². The molecule has 0 fully saturated rings. The standard InChI is InChI=1S/C27H31N3O2/c1-17-15-24-23(22-8-5-4-7-21(22)18(17)2)16-25(27(31)29-14-6-13-28)30-26(24)19-9-11-20(32-3)12-10-19/h4-5,7-12,16-18H,6,13-15,28H2,1-3H3,(H,29,31)/t17-,18-/m1/s1. The lowest BCUT2D eigenvalue weighted by Gasteiger charge is -2.19. The number of nitrogens with zero attached hydrogens (tertiary/aromatic N) is 1. The molecule has 3 N–H and O–H groups in total. The highest BCUT2D eigenvalue weighted by atomic mass is 16.5. The molecule has 1 aliphatic rings. The van der Waals surface area contributed by atoms with Crippen molar-refractivity contribution < 1.29 is 9.53 Å². The van der Waals surface area contributed by atoms with Crippen LogP contribution >= 0.6 is 0 Å². The first-order valence-corrected chi connectivity index (χ1v) is 11.3. The topological polar surface area (TPSA) is 77.2 Å². The van der Waals surface area contributed by atoms with Gasteiger partial charge < -0.3 is 15.8 Å². The number of carbonyl (C=O) groups is 1.